The van der Waals surface area contributed by atoms with Crippen LogP contribution in [0.1, 0.15) is 0 Å². The van der Waals surface area contributed by atoms with Gasteiger partial charge < -0.3 is 4.52 Å². The van der Waals surface area contributed by atoms with Crippen molar-refractivity contribution in [2.75, 3.05) is 0 Å². The van der Waals surface area contributed by atoms with E-state index in [4.69, 9.17) is 4.52 Å². The quantitative estimate of drug-likeness (QED) is 0.278. The lowest BCUT2D eigenvalue weighted by molar-refractivity contribution is 0.503. The lowest BCUT2D eigenvalue weighted by atomic mass is 10.3. The number of benzene rings is 4. The summed E-state index contributed by atoms with van der Waals surface area (Å²) < 4.78 is 20.0. The number of azo groups is 1. The summed E-state index contributed by atoms with van der Waals surface area (Å²) >= 11 is 0. The number of hydrogen-bond donors (Lipinski definition) is 0. The van der Waals surface area contributed by atoms with Gasteiger partial charge in [0.15, 0.2) is 0 Å². The maximum absolute atomic E-state index is 13.9. The molecule has 0 atom stereocenters. The molecule has 0 aromatic heterocycles. The molecule has 0 aliphatic heterocycles. The van der Waals surface area contributed by atoms with Gasteiger partial charge in [-0.1, -0.05) is 54.6 Å². The summed E-state index contributed by atoms with van der Waals surface area (Å²) in [4.78, 5) is 0. The van der Waals surface area contributed by atoms with Crippen molar-refractivity contribution in [3.8, 4) is 5.75 Å². The van der Waals surface area contributed by atoms with Crippen LogP contribution in [0.5, 0.6) is 5.75 Å². The van der Waals surface area contributed by atoms with Crippen LogP contribution in [0.2, 0.25) is 0 Å². The Balaban J connectivity index is 1.60. The first-order valence-corrected chi connectivity index (χ1v) is 10.8. The van der Waals surface area contributed by atoms with Crippen molar-refractivity contribution in [1.29, 1.82) is 0 Å². The molecule has 0 fully saturated rings. The minimum atomic E-state index is -3.28. The van der Waals surface area contributed by atoms with E-state index in [-0.39, 0.29) is 0 Å². The Labute approximate surface area is 170 Å². The second-order valence-corrected chi connectivity index (χ2v) is 8.66. The Hall–Kier alpha value is -3.49. The molecule has 142 valence electrons. The fourth-order valence-corrected chi connectivity index (χ4v) is 4.89. The molecule has 0 unspecified atom stereocenters. The highest BCUT2D eigenvalue weighted by molar-refractivity contribution is 7.74. The van der Waals surface area contributed by atoms with E-state index in [2.05, 4.69) is 10.2 Å². The third-order valence-electron chi connectivity index (χ3n) is 4.30. The Morgan fingerprint density at radius 2 is 0.931 bits per heavy atom. The van der Waals surface area contributed by atoms with Crippen LogP contribution in [0.3, 0.4) is 0 Å². The van der Waals surface area contributed by atoms with Gasteiger partial charge >= 0.3 is 7.37 Å². The first-order valence-electron chi connectivity index (χ1n) is 9.22. The van der Waals surface area contributed by atoms with Crippen molar-refractivity contribution in [2.45, 2.75) is 0 Å². The zero-order valence-electron chi connectivity index (χ0n) is 15.6. The van der Waals surface area contributed by atoms with Gasteiger partial charge in [0, 0.05) is 0 Å². The molecule has 0 amide bonds. The average Bonchev–Trinajstić information content (AvgIpc) is 2.80. The maximum atomic E-state index is 13.9. The van der Waals surface area contributed by atoms with Crippen LogP contribution in [-0.4, -0.2) is 0 Å². The molecule has 0 aliphatic rings. The van der Waals surface area contributed by atoms with Crippen molar-refractivity contribution in [3.05, 3.63) is 115 Å². The summed E-state index contributed by atoms with van der Waals surface area (Å²) in [5.41, 5.74) is 1.47. The minimum absolute atomic E-state index is 0.514. The Bertz CT molecular complexity index is 1090. The van der Waals surface area contributed by atoms with Crippen molar-refractivity contribution in [3.63, 3.8) is 0 Å². The van der Waals surface area contributed by atoms with E-state index in [1.54, 1.807) is 24.3 Å². The number of nitrogens with zero attached hydrogens (tertiary/aromatic N) is 2. The third-order valence-corrected chi connectivity index (χ3v) is 6.72. The molecule has 5 heteroatoms. The van der Waals surface area contributed by atoms with Crippen LogP contribution in [-0.2, 0) is 4.57 Å². The molecule has 0 saturated heterocycles. The molecule has 4 aromatic rings. The van der Waals surface area contributed by atoms with Gasteiger partial charge in [-0.25, -0.2) is 0 Å². The largest absolute Gasteiger partial charge is 0.437 e. The van der Waals surface area contributed by atoms with E-state index in [0.717, 1.165) is 5.69 Å². The Morgan fingerprint density at radius 1 is 0.517 bits per heavy atom. The molecule has 4 rings (SSSR count). The fourth-order valence-electron chi connectivity index (χ4n) is 2.84. The normalized spacial score (nSPS) is 11.4. The van der Waals surface area contributed by atoms with Gasteiger partial charge in [0.05, 0.1) is 22.0 Å². The van der Waals surface area contributed by atoms with Crippen LogP contribution in [0, 0.1) is 0 Å². The number of rotatable bonds is 6. The molecule has 4 nitrogen and oxygen atoms in total. The zero-order chi connectivity index (χ0) is 19.9. The second kappa shape index (κ2) is 8.68. The van der Waals surface area contributed by atoms with Crippen molar-refractivity contribution in [2.24, 2.45) is 10.2 Å². The van der Waals surface area contributed by atoms with Crippen molar-refractivity contribution >= 4 is 29.4 Å². The van der Waals surface area contributed by atoms with Gasteiger partial charge in [-0.05, 0) is 60.7 Å². The summed E-state index contributed by atoms with van der Waals surface area (Å²) in [7, 11) is -3.28. The zero-order valence-corrected chi connectivity index (χ0v) is 16.5. The van der Waals surface area contributed by atoms with Gasteiger partial charge in [0.1, 0.15) is 5.75 Å². The maximum Gasteiger partial charge on any atom is 0.306 e. The van der Waals surface area contributed by atoms with Gasteiger partial charge in [-0.15, -0.1) is 0 Å². The van der Waals surface area contributed by atoms with Gasteiger partial charge in [0.2, 0.25) is 0 Å². The van der Waals surface area contributed by atoms with E-state index in [1.807, 2.05) is 91.0 Å². The lowest BCUT2D eigenvalue weighted by Gasteiger charge is -2.20. The SMILES string of the molecule is O=P(Oc1ccc(N=Nc2ccccc2)cc1)(c1ccccc1)c1ccccc1. The van der Waals surface area contributed by atoms with Crippen LogP contribution < -0.4 is 15.1 Å². The molecule has 0 saturated carbocycles. The Morgan fingerprint density at radius 3 is 1.41 bits per heavy atom. The first-order chi connectivity index (χ1) is 14.2. The first kappa shape index (κ1) is 18.9. The molecule has 0 N–H and O–H groups in total. The van der Waals surface area contributed by atoms with Crippen molar-refractivity contribution in [1.82, 2.24) is 0 Å². The predicted octanol–water partition coefficient (Wildman–Crippen LogP) is 6.41. The van der Waals surface area contributed by atoms with Crippen LogP contribution in [0.4, 0.5) is 11.4 Å². The summed E-state index contributed by atoms with van der Waals surface area (Å²) in [6, 6.07) is 35.2. The average molecular weight is 398 g/mol. The molecule has 4 aromatic carbocycles. The van der Waals surface area contributed by atoms with E-state index in [0.29, 0.717) is 22.0 Å². The Kier molecular flexibility index (Phi) is 5.64. The van der Waals surface area contributed by atoms with E-state index in [9.17, 15) is 4.57 Å². The molecule has 0 spiro atoms. The molecule has 0 aliphatic carbocycles. The van der Waals surface area contributed by atoms with Gasteiger partial charge in [-0.2, -0.15) is 10.2 Å². The van der Waals surface area contributed by atoms with E-state index < -0.39 is 7.37 Å². The number of hydrogen-bond acceptors (Lipinski definition) is 4. The summed E-state index contributed by atoms with van der Waals surface area (Å²) in [5, 5.41) is 9.74. The third kappa shape index (κ3) is 4.50. The fraction of sp³-hybridized carbons (Fsp3) is 0. The van der Waals surface area contributed by atoms with Crippen LogP contribution in [0.25, 0.3) is 0 Å². The second-order valence-electron chi connectivity index (χ2n) is 6.34. The van der Waals surface area contributed by atoms with Crippen molar-refractivity contribution < 1.29 is 9.09 Å². The molecule has 0 heterocycles. The molecule has 29 heavy (non-hydrogen) atoms. The van der Waals surface area contributed by atoms with E-state index >= 15 is 0 Å². The molecular weight excluding hydrogens is 379 g/mol. The lowest BCUT2D eigenvalue weighted by Crippen LogP contribution is -2.19. The van der Waals surface area contributed by atoms with Crippen LogP contribution >= 0.6 is 7.37 Å². The standard InChI is InChI=1S/C24H19N2O2P/c27-29(23-12-6-2-7-13-23,24-14-8-3-9-15-24)28-22-18-16-21(17-19-22)26-25-20-10-4-1-5-11-20/h1-19H. The summed E-state index contributed by atoms with van der Waals surface area (Å²) in [6.45, 7) is 0. The predicted molar refractivity (Wildman–Crippen MR) is 117 cm³/mol. The minimum Gasteiger partial charge on any atom is -0.437 e. The topological polar surface area (TPSA) is 51.0 Å². The summed E-state index contributed by atoms with van der Waals surface area (Å²) in [6.07, 6.45) is 0. The smallest absolute Gasteiger partial charge is 0.306 e. The monoisotopic (exact) mass is 398 g/mol. The summed E-state index contributed by atoms with van der Waals surface area (Å²) in [5.74, 6) is 0.514. The molecule has 0 bridgehead atoms. The highest BCUT2D eigenvalue weighted by Crippen LogP contribution is 2.45. The molecule has 0 radical (unpaired) electrons. The van der Waals surface area contributed by atoms with Crippen LogP contribution in [0.15, 0.2) is 125 Å². The van der Waals surface area contributed by atoms with Gasteiger partial charge in [-0.3, -0.25) is 4.57 Å². The molecular formula is C24H19N2O2P. The van der Waals surface area contributed by atoms with E-state index in [1.165, 1.54) is 0 Å². The highest BCUT2D eigenvalue weighted by Gasteiger charge is 2.29. The highest BCUT2D eigenvalue weighted by atomic mass is 31.2. The van der Waals surface area contributed by atoms with Gasteiger partial charge in [0.25, 0.3) is 0 Å².